The molecule has 154 valence electrons. The lowest BCUT2D eigenvalue weighted by Gasteiger charge is -2.16. The number of nitrogens with zero attached hydrogens (tertiary/aromatic N) is 1. The fourth-order valence-corrected chi connectivity index (χ4v) is 5.07. The maximum atomic E-state index is 12.8. The number of halogens is 2. The molecule has 6 heteroatoms. The molecule has 0 aliphatic carbocycles. The van der Waals surface area contributed by atoms with Gasteiger partial charge in [0.15, 0.2) is 0 Å². The zero-order valence-electron chi connectivity index (χ0n) is 16.6. The van der Waals surface area contributed by atoms with Gasteiger partial charge in [0.2, 0.25) is 5.91 Å². The van der Waals surface area contributed by atoms with Gasteiger partial charge in [-0.15, -0.1) is 0 Å². The van der Waals surface area contributed by atoms with Crippen molar-refractivity contribution in [2.24, 2.45) is 7.05 Å². The topological polar surface area (TPSA) is 34.0 Å². The average molecular weight is 457 g/mol. The Morgan fingerprint density at radius 1 is 1.17 bits per heavy atom. The van der Waals surface area contributed by atoms with Crippen LogP contribution in [0.15, 0.2) is 65.5 Å². The van der Waals surface area contributed by atoms with E-state index in [1.54, 1.807) is 17.4 Å². The minimum absolute atomic E-state index is 0.0152. The summed E-state index contributed by atoms with van der Waals surface area (Å²) in [4.78, 5) is 12.8. The van der Waals surface area contributed by atoms with E-state index in [1.165, 1.54) is 22.0 Å². The Kier molecular flexibility index (Phi) is 6.47. The van der Waals surface area contributed by atoms with Crippen LogP contribution in [0.1, 0.15) is 29.0 Å². The van der Waals surface area contributed by atoms with Crippen molar-refractivity contribution in [2.45, 2.75) is 18.8 Å². The molecule has 0 bridgehead atoms. The standard InChI is InChI=1S/C24H22Cl2N2OS/c1-28-14-21(19-4-2-3-5-23(19)28)20(17-9-11-30-15-17)13-24(29)27-10-8-16-6-7-18(25)12-22(16)26/h2-7,9,11-12,14-15,20H,8,10,13H2,1H3,(H,27,29). The predicted octanol–water partition coefficient (Wildman–Crippen LogP) is 6.43. The molecule has 2 aromatic carbocycles. The first kappa shape index (κ1) is 21.0. The molecule has 4 aromatic rings. The van der Waals surface area contributed by atoms with Crippen molar-refractivity contribution < 1.29 is 4.79 Å². The molecule has 2 aromatic heterocycles. The molecule has 30 heavy (non-hydrogen) atoms. The molecule has 1 N–H and O–H groups in total. The zero-order valence-corrected chi connectivity index (χ0v) is 18.9. The molecule has 0 saturated carbocycles. The zero-order chi connectivity index (χ0) is 21.1. The average Bonchev–Trinajstić information content (AvgIpc) is 3.37. The van der Waals surface area contributed by atoms with E-state index in [1.807, 2.05) is 31.3 Å². The van der Waals surface area contributed by atoms with E-state index >= 15 is 0 Å². The van der Waals surface area contributed by atoms with Gasteiger partial charge in [-0.3, -0.25) is 4.79 Å². The van der Waals surface area contributed by atoms with Crippen molar-refractivity contribution >= 4 is 51.3 Å². The maximum absolute atomic E-state index is 12.8. The molecule has 0 aliphatic rings. The molecule has 3 nitrogen and oxygen atoms in total. The number of amides is 1. The largest absolute Gasteiger partial charge is 0.356 e. The first-order chi connectivity index (χ1) is 14.5. The van der Waals surface area contributed by atoms with Gasteiger partial charge in [0.1, 0.15) is 0 Å². The van der Waals surface area contributed by atoms with Crippen LogP contribution in [0.5, 0.6) is 0 Å². The first-order valence-electron chi connectivity index (χ1n) is 9.79. The number of para-hydroxylation sites is 1. The van der Waals surface area contributed by atoms with Crippen molar-refractivity contribution in [3.05, 3.63) is 92.2 Å². The molecule has 0 radical (unpaired) electrons. The highest BCUT2D eigenvalue weighted by molar-refractivity contribution is 7.08. The van der Waals surface area contributed by atoms with E-state index in [4.69, 9.17) is 23.2 Å². The van der Waals surface area contributed by atoms with Gasteiger partial charge in [-0.2, -0.15) is 11.3 Å². The highest BCUT2D eigenvalue weighted by Crippen LogP contribution is 2.35. The molecule has 0 aliphatic heterocycles. The number of thiophene rings is 1. The highest BCUT2D eigenvalue weighted by Gasteiger charge is 2.22. The van der Waals surface area contributed by atoms with Gasteiger partial charge in [0.05, 0.1) is 0 Å². The Balaban J connectivity index is 1.49. The van der Waals surface area contributed by atoms with Crippen LogP contribution in [0, 0.1) is 0 Å². The maximum Gasteiger partial charge on any atom is 0.220 e. The highest BCUT2D eigenvalue weighted by atomic mass is 35.5. The SMILES string of the molecule is Cn1cc(C(CC(=O)NCCc2ccc(Cl)cc2Cl)c2ccsc2)c2ccccc21. The van der Waals surface area contributed by atoms with Gasteiger partial charge >= 0.3 is 0 Å². The number of aryl methyl sites for hydroxylation is 1. The molecule has 1 atom stereocenters. The summed E-state index contributed by atoms with van der Waals surface area (Å²) in [5.41, 5.74) is 4.50. The summed E-state index contributed by atoms with van der Waals surface area (Å²) in [5, 5.41) is 9.68. The summed E-state index contributed by atoms with van der Waals surface area (Å²) >= 11 is 13.8. The summed E-state index contributed by atoms with van der Waals surface area (Å²) in [5.74, 6) is 0.0469. The van der Waals surface area contributed by atoms with Crippen LogP contribution >= 0.6 is 34.5 Å². The van der Waals surface area contributed by atoms with Crippen LogP contribution in [0.4, 0.5) is 0 Å². The van der Waals surface area contributed by atoms with Gasteiger partial charge in [-0.05, 0) is 58.1 Å². The lowest BCUT2D eigenvalue weighted by molar-refractivity contribution is -0.121. The van der Waals surface area contributed by atoms with Crippen molar-refractivity contribution in [2.75, 3.05) is 6.54 Å². The van der Waals surface area contributed by atoms with Gasteiger partial charge in [-0.1, -0.05) is 47.5 Å². The third-order valence-electron chi connectivity index (χ3n) is 5.37. The predicted molar refractivity (Wildman–Crippen MR) is 127 cm³/mol. The number of aromatic nitrogens is 1. The Morgan fingerprint density at radius 2 is 2.00 bits per heavy atom. The fraction of sp³-hybridized carbons (Fsp3) is 0.208. The smallest absolute Gasteiger partial charge is 0.220 e. The molecule has 1 unspecified atom stereocenters. The molecule has 0 saturated heterocycles. The van der Waals surface area contributed by atoms with E-state index in [0.717, 1.165) is 5.56 Å². The second-order valence-electron chi connectivity index (χ2n) is 7.36. The molecule has 4 rings (SSSR count). The van der Waals surface area contributed by atoms with Crippen LogP contribution in [-0.2, 0) is 18.3 Å². The lowest BCUT2D eigenvalue weighted by Crippen LogP contribution is -2.27. The lowest BCUT2D eigenvalue weighted by atomic mass is 9.89. The van der Waals surface area contributed by atoms with Crippen molar-refractivity contribution in [1.82, 2.24) is 9.88 Å². The summed E-state index contributed by atoms with van der Waals surface area (Å²) in [6, 6.07) is 15.9. The van der Waals surface area contributed by atoms with E-state index < -0.39 is 0 Å². The normalized spacial score (nSPS) is 12.2. The van der Waals surface area contributed by atoms with Crippen LogP contribution in [-0.4, -0.2) is 17.0 Å². The van der Waals surface area contributed by atoms with Gasteiger partial charge in [0.25, 0.3) is 0 Å². The minimum Gasteiger partial charge on any atom is -0.356 e. The third kappa shape index (κ3) is 4.56. The number of fused-ring (bicyclic) bond motifs is 1. The van der Waals surface area contributed by atoms with E-state index in [-0.39, 0.29) is 11.8 Å². The Hall–Kier alpha value is -2.27. The number of hydrogen-bond acceptors (Lipinski definition) is 2. The van der Waals surface area contributed by atoms with E-state index in [9.17, 15) is 4.79 Å². The molecule has 0 spiro atoms. The number of carbonyl (C=O) groups is 1. The summed E-state index contributed by atoms with van der Waals surface area (Å²) < 4.78 is 2.13. The fourth-order valence-electron chi connectivity index (χ4n) is 3.85. The van der Waals surface area contributed by atoms with E-state index in [0.29, 0.717) is 29.4 Å². The second kappa shape index (κ2) is 9.25. The minimum atomic E-state index is 0.0152. The van der Waals surface area contributed by atoms with Crippen LogP contribution < -0.4 is 5.32 Å². The second-order valence-corrected chi connectivity index (χ2v) is 8.99. The van der Waals surface area contributed by atoms with Gasteiger partial charge < -0.3 is 9.88 Å². The molecule has 0 fully saturated rings. The van der Waals surface area contributed by atoms with Crippen LogP contribution in [0.25, 0.3) is 10.9 Å². The van der Waals surface area contributed by atoms with Crippen LogP contribution in [0.3, 0.4) is 0 Å². The number of rotatable bonds is 7. The number of benzene rings is 2. The third-order valence-corrected chi connectivity index (χ3v) is 6.66. The number of nitrogens with one attached hydrogen (secondary N) is 1. The molecule has 2 heterocycles. The van der Waals surface area contributed by atoms with Crippen LogP contribution in [0.2, 0.25) is 10.0 Å². The van der Waals surface area contributed by atoms with E-state index in [2.05, 4.69) is 45.0 Å². The summed E-state index contributed by atoms with van der Waals surface area (Å²) in [6.07, 6.45) is 3.21. The monoisotopic (exact) mass is 456 g/mol. The Labute approximate surface area is 190 Å². The Bertz CT molecular complexity index is 1170. The molecular formula is C24H22Cl2N2OS. The molecular weight excluding hydrogens is 435 g/mol. The summed E-state index contributed by atoms with van der Waals surface area (Å²) in [6.45, 7) is 0.534. The summed E-state index contributed by atoms with van der Waals surface area (Å²) in [7, 11) is 2.05. The van der Waals surface area contributed by atoms with Crippen molar-refractivity contribution in [3.63, 3.8) is 0 Å². The number of carbonyl (C=O) groups excluding carboxylic acids is 1. The first-order valence-corrected chi connectivity index (χ1v) is 11.5. The molecule has 1 amide bonds. The van der Waals surface area contributed by atoms with Crippen molar-refractivity contribution in [1.29, 1.82) is 0 Å². The van der Waals surface area contributed by atoms with Gasteiger partial charge in [-0.25, -0.2) is 0 Å². The Morgan fingerprint density at radius 3 is 2.77 bits per heavy atom. The quantitative estimate of drug-likeness (QED) is 0.341. The van der Waals surface area contributed by atoms with Gasteiger partial charge in [0, 0.05) is 53.1 Å². The number of hydrogen-bond donors (Lipinski definition) is 1. The van der Waals surface area contributed by atoms with Crippen molar-refractivity contribution in [3.8, 4) is 0 Å².